The minimum atomic E-state index is -0.771. The van der Waals surface area contributed by atoms with Crippen LogP contribution in [0.3, 0.4) is 0 Å². The molecular formula is C17H15NO2. The fourth-order valence-electron chi connectivity index (χ4n) is 2.42. The lowest BCUT2D eigenvalue weighted by molar-refractivity contribution is -0.137. The molecule has 3 rings (SSSR count). The second-order valence-corrected chi connectivity index (χ2v) is 4.79. The Morgan fingerprint density at radius 2 is 1.80 bits per heavy atom. The number of nitrogens with zero attached hydrogens (tertiary/aromatic N) is 1. The van der Waals surface area contributed by atoms with Crippen LogP contribution in [0.15, 0.2) is 60.8 Å². The molecule has 1 N–H and O–H groups in total. The third-order valence-corrected chi connectivity index (χ3v) is 3.44. The number of hydrogen-bond donors (Lipinski definition) is 1. The predicted molar refractivity (Wildman–Crippen MR) is 79.6 cm³/mol. The standard InChI is InChI=1S/C17H15NO2/c19-17(20)9-11-18-10-8-15-12-14(6-7-16(15)18)13-4-2-1-3-5-13/h1-8,10,12H,9,11H2,(H,19,20). The zero-order valence-corrected chi connectivity index (χ0v) is 11.0. The minimum absolute atomic E-state index is 0.143. The van der Waals surface area contributed by atoms with Gasteiger partial charge < -0.3 is 9.67 Å². The molecule has 0 unspecified atom stereocenters. The van der Waals surface area contributed by atoms with Crippen molar-refractivity contribution in [1.29, 1.82) is 0 Å². The average molecular weight is 265 g/mol. The Bertz CT molecular complexity index is 744. The molecule has 0 aliphatic heterocycles. The van der Waals surface area contributed by atoms with Gasteiger partial charge in [0.2, 0.25) is 0 Å². The summed E-state index contributed by atoms with van der Waals surface area (Å²) < 4.78 is 1.98. The number of carboxylic acids is 1. The van der Waals surface area contributed by atoms with Gasteiger partial charge in [0.15, 0.2) is 0 Å². The molecule has 100 valence electrons. The Morgan fingerprint density at radius 3 is 2.55 bits per heavy atom. The lowest BCUT2D eigenvalue weighted by Gasteiger charge is -2.05. The average Bonchev–Trinajstić information content (AvgIpc) is 2.88. The number of aryl methyl sites for hydroxylation is 1. The molecule has 0 amide bonds. The molecule has 3 aromatic rings. The molecule has 3 heteroatoms. The van der Waals surface area contributed by atoms with Crippen LogP contribution in [-0.2, 0) is 11.3 Å². The van der Waals surface area contributed by atoms with Crippen molar-refractivity contribution in [2.45, 2.75) is 13.0 Å². The smallest absolute Gasteiger partial charge is 0.305 e. The van der Waals surface area contributed by atoms with E-state index in [1.54, 1.807) is 0 Å². The lowest BCUT2D eigenvalue weighted by Crippen LogP contribution is -2.03. The number of carbonyl (C=O) groups is 1. The van der Waals surface area contributed by atoms with Gasteiger partial charge in [0.05, 0.1) is 6.42 Å². The maximum Gasteiger partial charge on any atom is 0.305 e. The van der Waals surface area contributed by atoms with Crippen LogP contribution < -0.4 is 0 Å². The summed E-state index contributed by atoms with van der Waals surface area (Å²) in [5, 5.41) is 9.90. The molecule has 20 heavy (non-hydrogen) atoms. The normalized spacial score (nSPS) is 10.8. The summed E-state index contributed by atoms with van der Waals surface area (Å²) in [7, 11) is 0. The van der Waals surface area contributed by atoms with Crippen molar-refractivity contribution in [2.24, 2.45) is 0 Å². The van der Waals surface area contributed by atoms with Crippen LogP contribution in [0.4, 0.5) is 0 Å². The Hall–Kier alpha value is -2.55. The van der Waals surface area contributed by atoms with E-state index in [0.717, 1.165) is 10.9 Å². The zero-order chi connectivity index (χ0) is 13.9. The van der Waals surface area contributed by atoms with Gasteiger partial charge in [-0.05, 0) is 29.3 Å². The third-order valence-electron chi connectivity index (χ3n) is 3.44. The van der Waals surface area contributed by atoms with E-state index >= 15 is 0 Å². The highest BCUT2D eigenvalue weighted by atomic mass is 16.4. The Balaban J connectivity index is 1.95. The molecule has 0 fully saturated rings. The van der Waals surface area contributed by atoms with Crippen LogP contribution in [0, 0.1) is 0 Å². The molecule has 1 aromatic heterocycles. The van der Waals surface area contributed by atoms with Crippen LogP contribution in [0.2, 0.25) is 0 Å². The Labute approximate surface area is 117 Å². The molecule has 0 spiro atoms. The van der Waals surface area contributed by atoms with E-state index in [9.17, 15) is 4.79 Å². The molecule has 0 bridgehead atoms. The van der Waals surface area contributed by atoms with Gasteiger partial charge >= 0.3 is 5.97 Å². The Morgan fingerprint density at radius 1 is 1.00 bits per heavy atom. The van der Waals surface area contributed by atoms with Crippen LogP contribution in [0.5, 0.6) is 0 Å². The Kier molecular flexibility index (Phi) is 3.25. The van der Waals surface area contributed by atoms with Crippen molar-refractivity contribution in [1.82, 2.24) is 4.57 Å². The molecular weight excluding hydrogens is 250 g/mol. The highest BCUT2D eigenvalue weighted by Crippen LogP contribution is 2.25. The molecule has 0 aliphatic rings. The van der Waals surface area contributed by atoms with Gasteiger partial charge in [0, 0.05) is 23.6 Å². The first-order chi connectivity index (χ1) is 9.74. The summed E-state index contributed by atoms with van der Waals surface area (Å²) in [6, 6.07) is 18.5. The monoisotopic (exact) mass is 265 g/mol. The summed E-state index contributed by atoms with van der Waals surface area (Å²) in [6.45, 7) is 0.503. The van der Waals surface area contributed by atoms with E-state index in [2.05, 4.69) is 30.3 Å². The lowest BCUT2D eigenvalue weighted by atomic mass is 10.0. The maximum atomic E-state index is 10.7. The van der Waals surface area contributed by atoms with Crippen molar-refractivity contribution < 1.29 is 9.90 Å². The maximum absolute atomic E-state index is 10.7. The van der Waals surface area contributed by atoms with Crippen molar-refractivity contribution in [3.63, 3.8) is 0 Å². The van der Waals surface area contributed by atoms with Crippen molar-refractivity contribution >= 4 is 16.9 Å². The first kappa shape index (κ1) is 12.5. The number of hydrogen-bond acceptors (Lipinski definition) is 1. The number of aliphatic carboxylic acids is 1. The third kappa shape index (κ3) is 2.43. The highest BCUT2D eigenvalue weighted by Gasteiger charge is 2.05. The van der Waals surface area contributed by atoms with Crippen molar-refractivity contribution in [3.05, 3.63) is 60.8 Å². The molecule has 1 heterocycles. The second-order valence-electron chi connectivity index (χ2n) is 4.79. The summed E-state index contributed by atoms with van der Waals surface area (Å²) >= 11 is 0. The fourth-order valence-corrected chi connectivity index (χ4v) is 2.42. The quantitative estimate of drug-likeness (QED) is 0.780. The van der Waals surface area contributed by atoms with Gasteiger partial charge in [0.1, 0.15) is 0 Å². The van der Waals surface area contributed by atoms with Gasteiger partial charge in [0.25, 0.3) is 0 Å². The number of aromatic nitrogens is 1. The molecule has 0 radical (unpaired) electrons. The van der Waals surface area contributed by atoms with E-state index in [-0.39, 0.29) is 6.42 Å². The van der Waals surface area contributed by atoms with Gasteiger partial charge in [-0.3, -0.25) is 4.79 Å². The molecule has 0 saturated carbocycles. The van der Waals surface area contributed by atoms with E-state index in [1.165, 1.54) is 11.1 Å². The second kappa shape index (κ2) is 5.21. The van der Waals surface area contributed by atoms with Crippen molar-refractivity contribution in [2.75, 3.05) is 0 Å². The number of rotatable bonds is 4. The SMILES string of the molecule is O=C(O)CCn1ccc2cc(-c3ccccc3)ccc21. The van der Waals surface area contributed by atoms with E-state index in [1.807, 2.05) is 35.0 Å². The van der Waals surface area contributed by atoms with E-state index in [0.29, 0.717) is 6.54 Å². The van der Waals surface area contributed by atoms with Crippen LogP contribution in [0.25, 0.3) is 22.0 Å². The largest absolute Gasteiger partial charge is 0.481 e. The summed E-state index contributed by atoms with van der Waals surface area (Å²) in [5.74, 6) is -0.771. The molecule has 3 nitrogen and oxygen atoms in total. The number of carboxylic acid groups (broad SMARTS) is 1. The van der Waals surface area contributed by atoms with Gasteiger partial charge in [-0.1, -0.05) is 36.4 Å². The molecule has 0 aliphatic carbocycles. The summed E-state index contributed by atoms with van der Waals surface area (Å²) in [5.41, 5.74) is 3.44. The predicted octanol–water partition coefficient (Wildman–Crippen LogP) is 3.78. The number of benzene rings is 2. The van der Waals surface area contributed by atoms with Gasteiger partial charge in [-0.25, -0.2) is 0 Å². The van der Waals surface area contributed by atoms with Crippen LogP contribution >= 0.6 is 0 Å². The van der Waals surface area contributed by atoms with Crippen molar-refractivity contribution in [3.8, 4) is 11.1 Å². The first-order valence-electron chi connectivity index (χ1n) is 6.60. The molecule has 2 aromatic carbocycles. The molecule has 0 atom stereocenters. The summed E-state index contributed by atoms with van der Waals surface area (Å²) in [4.78, 5) is 10.7. The van der Waals surface area contributed by atoms with Crippen LogP contribution in [-0.4, -0.2) is 15.6 Å². The first-order valence-corrected chi connectivity index (χ1v) is 6.60. The fraction of sp³-hybridized carbons (Fsp3) is 0.118. The highest BCUT2D eigenvalue weighted by molar-refractivity contribution is 5.85. The van der Waals surface area contributed by atoms with E-state index < -0.39 is 5.97 Å². The van der Waals surface area contributed by atoms with Gasteiger partial charge in [-0.15, -0.1) is 0 Å². The molecule has 0 saturated heterocycles. The number of fused-ring (bicyclic) bond motifs is 1. The van der Waals surface area contributed by atoms with Crippen LogP contribution in [0.1, 0.15) is 6.42 Å². The zero-order valence-electron chi connectivity index (χ0n) is 11.0. The van der Waals surface area contributed by atoms with Gasteiger partial charge in [-0.2, -0.15) is 0 Å². The minimum Gasteiger partial charge on any atom is -0.481 e. The van der Waals surface area contributed by atoms with E-state index in [4.69, 9.17) is 5.11 Å². The summed E-state index contributed by atoms with van der Waals surface area (Å²) in [6.07, 6.45) is 2.09. The topological polar surface area (TPSA) is 42.2 Å².